The summed E-state index contributed by atoms with van der Waals surface area (Å²) in [6.07, 6.45) is 1.79. The first-order valence-corrected chi connectivity index (χ1v) is 3.44. The first-order valence-electron chi connectivity index (χ1n) is 3.44. The summed E-state index contributed by atoms with van der Waals surface area (Å²) >= 11 is 0. The van der Waals surface area contributed by atoms with E-state index in [9.17, 15) is 0 Å². The molecule has 0 aliphatic carbocycles. The van der Waals surface area contributed by atoms with Gasteiger partial charge < -0.3 is 10.0 Å². The molecule has 0 atom stereocenters. The molecule has 60 valence electrons. The van der Waals surface area contributed by atoms with E-state index >= 15 is 0 Å². The molecule has 0 aromatic rings. The van der Waals surface area contributed by atoms with Crippen LogP contribution >= 0.6 is 0 Å². The minimum atomic E-state index is 0.0894. The Morgan fingerprint density at radius 3 is 3.27 bits per heavy atom. The predicted octanol–water partition coefficient (Wildman–Crippen LogP) is -1.28. The van der Waals surface area contributed by atoms with Crippen molar-refractivity contribution in [1.29, 1.82) is 5.26 Å². The van der Waals surface area contributed by atoms with Crippen molar-refractivity contribution in [2.45, 2.75) is 0 Å². The van der Waals surface area contributed by atoms with Crippen molar-refractivity contribution in [2.75, 3.05) is 26.2 Å². The first-order chi connectivity index (χ1) is 5.38. The summed E-state index contributed by atoms with van der Waals surface area (Å²) < 4.78 is 0. The number of guanidine groups is 1. The van der Waals surface area contributed by atoms with Crippen molar-refractivity contribution in [3.05, 3.63) is 0 Å². The second-order valence-corrected chi connectivity index (χ2v) is 2.15. The highest BCUT2D eigenvalue weighted by molar-refractivity contribution is 5.82. The van der Waals surface area contributed by atoms with Crippen molar-refractivity contribution in [3.8, 4) is 6.19 Å². The standard InChI is InChI=1S/C6H10N4O/c7-5-9-6-8-1-2-10(6)3-4-11/h11H,1-4H2,(H,8,9). The first kappa shape index (κ1) is 7.82. The van der Waals surface area contributed by atoms with Crippen LogP contribution in [-0.4, -0.2) is 42.2 Å². The SMILES string of the molecule is N#CNC1=NCCN1CCO. The van der Waals surface area contributed by atoms with Crippen molar-refractivity contribution in [1.82, 2.24) is 10.2 Å². The fraction of sp³-hybridized carbons (Fsp3) is 0.667. The van der Waals surface area contributed by atoms with Crippen LogP contribution in [0.25, 0.3) is 0 Å². The maximum absolute atomic E-state index is 8.61. The number of hydrogen-bond acceptors (Lipinski definition) is 5. The number of nitrogens with one attached hydrogen (secondary N) is 1. The summed E-state index contributed by atoms with van der Waals surface area (Å²) in [5.41, 5.74) is 0. The summed E-state index contributed by atoms with van der Waals surface area (Å²) in [7, 11) is 0. The summed E-state index contributed by atoms with van der Waals surface area (Å²) in [6.45, 7) is 2.11. The molecule has 5 heteroatoms. The van der Waals surface area contributed by atoms with Gasteiger partial charge in [0.25, 0.3) is 0 Å². The van der Waals surface area contributed by atoms with E-state index in [-0.39, 0.29) is 6.61 Å². The highest BCUT2D eigenvalue weighted by Crippen LogP contribution is 1.97. The Morgan fingerprint density at radius 2 is 2.64 bits per heavy atom. The molecule has 1 heterocycles. The third-order valence-corrected chi connectivity index (χ3v) is 1.47. The number of rotatable bonds is 2. The minimum absolute atomic E-state index is 0.0894. The minimum Gasteiger partial charge on any atom is -0.395 e. The largest absolute Gasteiger partial charge is 0.395 e. The van der Waals surface area contributed by atoms with Gasteiger partial charge in [-0.1, -0.05) is 0 Å². The Bertz CT molecular complexity index is 195. The average molecular weight is 154 g/mol. The summed E-state index contributed by atoms with van der Waals surface area (Å²) in [6, 6.07) is 0. The quantitative estimate of drug-likeness (QED) is 0.384. The van der Waals surface area contributed by atoms with E-state index in [0.717, 1.165) is 6.54 Å². The van der Waals surface area contributed by atoms with E-state index in [1.807, 2.05) is 4.90 Å². The van der Waals surface area contributed by atoms with Gasteiger partial charge in [-0.05, 0) is 0 Å². The van der Waals surface area contributed by atoms with Crippen molar-refractivity contribution in [2.24, 2.45) is 4.99 Å². The summed E-state index contributed by atoms with van der Waals surface area (Å²) in [5.74, 6) is 0.571. The van der Waals surface area contributed by atoms with Gasteiger partial charge >= 0.3 is 0 Å². The fourth-order valence-corrected chi connectivity index (χ4v) is 0.990. The van der Waals surface area contributed by atoms with E-state index in [1.54, 1.807) is 6.19 Å². The number of hydrogen-bond donors (Lipinski definition) is 2. The lowest BCUT2D eigenvalue weighted by Gasteiger charge is -2.16. The lowest BCUT2D eigenvalue weighted by atomic mass is 10.5. The molecule has 0 saturated carbocycles. The maximum Gasteiger partial charge on any atom is 0.207 e. The van der Waals surface area contributed by atoms with Gasteiger partial charge in [0.1, 0.15) is 0 Å². The van der Waals surface area contributed by atoms with Gasteiger partial charge in [0, 0.05) is 13.1 Å². The zero-order valence-electron chi connectivity index (χ0n) is 6.12. The molecule has 0 radical (unpaired) electrons. The average Bonchev–Trinajstić information content (AvgIpc) is 2.39. The molecule has 1 aliphatic rings. The second-order valence-electron chi connectivity index (χ2n) is 2.15. The molecule has 0 aromatic heterocycles. The molecular weight excluding hydrogens is 144 g/mol. The molecule has 0 bridgehead atoms. The van der Waals surface area contributed by atoms with Gasteiger partial charge in [0.15, 0.2) is 6.19 Å². The molecule has 11 heavy (non-hydrogen) atoms. The molecular formula is C6H10N4O. The van der Waals surface area contributed by atoms with Crippen molar-refractivity contribution in [3.63, 3.8) is 0 Å². The molecule has 1 aliphatic heterocycles. The van der Waals surface area contributed by atoms with Crippen LogP contribution in [-0.2, 0) is 0 Å². The number of aliphatic hydroxyl groups excluding tert-OH is 1. The van der Waals surface area contributed by atoms with Crippen LogP contribution in [0.15, 0.2) is 4.99 Å². The smallest absolute Gasteiger partial charge is 0.207 e. The normalized spacial score (nSPS) is 16.0. The number of nitriles is 1. The predicted molar refractivity (Wildman–Crippen MR) is 39.7 cm³/mol. The molecule has 0 amide bonds. The van der Waals surface area contributed by atoms with E-state index < -0.39 is 0 Å². The lowest BCUT2D eigenvalue weighted by molar-refractivity contribution is 0.255. The van der Waals surface area contributed by atoms with Gasteiger partial charge in [0.05, 0.1) is 13.2 Å². The van der Waals surface area contributed by atoms with E-state index in [1.165, 1.54) is 0 Å². The molecule has 0 unspecified atom stereocenters. The lowest BCUT2D eigenvalue weighted by Crippen LogP contribution is -2.37. The molecule has 0 aromatic carbocycles. The number of nitrogens with zero attached hydrogens (tertiary/aromatic N) is 3. The van der Waals surface area contributed by atoms with Crippen LogP contribution in [0.5, 0.6) is 0 Å². The van der Waals surface area contributed by atoms with Crippen molar-refractivity contribution >= 4 is 5.96 Å². The van der Waals surface area contributed by atoms with Crippen LogP contribution in [0.3, 0.4) is 0 Å². The van der Waals surface area contributed by atoms with Crippen molar-refractivity contribution < 1.29 is 5.11 Å². The van der Waals surface area contributed by atoms with Gasteiger partial charge in [-0.2, -0.15) is 5.26 Å². The third kappa shape index (κ3) is 1.82. The zero-order valence-corrected chi connectivity index (χ0v) is 6.12. The zero-order chi connectivity index (χ0) is 8.10. The second kappa shape index (κ2) is 3.78. The highest BCUT2D eigenvalue weighted by atomic mass is 16.3. The van der Waals surface area contributed by atoms with Gasteiger partial charge in [-0.15, -0.1) is 0 Å². The van der Waals surface area contributed by atoms with Gasteiger partial charge in [-0.25, -0.2) is 0 Å². The number of β-amino-alcohol motifs (C(OH)–C–C–N with tert-alkyl or cyclic N) is 1. The highest BCUT2D eigenvalue weighted by Gasteiger charge is 2.14. The molecule has 0 saturated heterocycles. The topological polar surface area (TPSA) is 71.7 Å². The van der Waals surface area contributed by atoms with E-state index in [0.29, 0.717) is 19.0 Å². The molecule has 1 rings (SSSR count). The van der Waals surface area contributed by atoms with Crippen LogP contribution in [0.2, 0.25) is 0 Å². The molecule has 0 fully saturated rings. The Kier molecular flexibility index (Phi) is 2.69. The van der Waals surface area contributed by atoms with Gasteiger partial charge in [0.2, 0.25) is 5.96 Å². The Balaban J connectivity index is 2.43. The van der Waals surface area contributed by atoms with Crippen LogP contribution in [0.1, 0.15) is 0 Å². The Hall–Kier alpha value is -1.28. The summed E-state index contributed by atoms with van der Waals surface area (Å²) in [5, 5.41) is 19.3. The van der Waals surface area contributed by atoms with Crippen LogP contribution in [0.4, 0.5) is 0 Å². The molecule has 5 nitrogen and oxygen atoms in total. The Labute approximate surface area is 64.9 Å². The van der Waals surface area contributed by atoms with E-state index in [4.69, 9.17) is 10.4 Å². The third-order valence-electron chi connectivity index (χ3n) is 1.47. The monoisotopic (exact) mass is 154 g/mol. The Morgan fingerprint density at radius 1 is 1.82 bits per heavy atom. The van der Waals surface area contributed by atoms with E-state index in [2.05, 4.69) is 10.3 Å². The summed E-state index contributed by atoms with van der Waals surface area (Å²) in [4.78, 5) is 5.86. The number of aliphatic hydroxyl groups is 1. The fourth-order valence-electron chi connectivity index (χ4n) is 0.990. The van der Waals surface area contributed by atoms with Crippen LogP contribution < -0.4 is 5.32 Å². The maximum atomic E-state index is 8.61. The van der Waals surface area contributed by atoms with Gasteiger partial charge in [-0.3, -0.25) is 10.3 Å². The molecule has 0 spiro atoms. The number of aliphatic imine (C=N–C) groups is 1. The molecule has 2 N–H and O–H groups in total. The van der Waals surface area contributed by atoms with Crippen LogP contribution in [0, 0.1) is 11.5 Å².